The van der Waals surface area contributed by atoms with Crippen molar-refractivity contribution in [3.05, 3.63) is 0 Å². The molecule has 0 aliphatic heterocycles. The van der Waals surface area contributed by atoms with Gasteiger partial charge in [0, 0.05) is 7.11 Å². The Bertz CT molecular complexity index is 274. The van der Waals surface area contributed by atoms with Crippen LogP contribution >= 0.6 is 0 Å². The van der Waals surface area contributed by atoms with Crippen LogP contribution in [0.5, 0.6) is 0 Å². The lowest BCUT2D eigenvalue weighted by atomic mass is 9.88. The molecule has 0 amide bonds. The molecule has 19 heavy (non-hydrogen) atoms. The van der Waals surface area contributed by atoms with Crippen molar-refractivity contribution in [2.75, 3.05) is 46.8 Å². The highest BCUT2D eigenvalue weighted by molar-refractivity contribution is 6.03. The van der Waals surface area contributed by atoms with Gasteiger partial charge < -0.3 is 18.9 Å². The van der Waals surface area contributed by atoms with Crippen molar-refractivity contribution in [2.24, 2.45) is 5.41 Å². The summed E-state index contributed by atoms with van der Waals surface area (Å²) < 4.78 is 20.0. The number of ether oxygens (including phenoxy) is 4. The number of hydrogen-bond acceptors (Lipinski definition) is 6. The zero-order chi connectivity index (χ0) is 14.7. The molecule has 0 heterocycles. The fourth-order valence-corrected chi connectivity index (χ4v) is 1.13. The second-order valence-electron chi connectivity index (χ2n) is 4.43. The van der Waals surface area contributed by atoms with E-state index in [1.807, 2.05) is 0 Å². The van der Waals surface area contributed by atoms with Crippen molar-refractivity contribution in [3.63, 3.8) is 0 Å². The van der Waals surface area contributed by atoms with Gasteiger partial charge in [-0.15, -0.1) is 0 Å². The van der Waals surface area contributed by atoms with E-state index in [4.69, 9.17) is 18.9 Å². The minimum absolute atomic E-state index is 0.126. The highest BCUT2D eigenvalue weighted by Crippen LogP contribution is 2.18. The van der Waals surface area contributed by atoms with Crippen LogP contribution in [-0.4, -0.2) is 58.5 Å². The minimum Gasteiger partial charge on any atom is -0.465 e. The van der Waals surface area contributed by atoms with E-state index < -0.39 is 11.4 Å². The summed E-state index contributed by atoms with van der Waals surface area (Å²) in [6.45, 7) is 6.59. The van der Waals surface area contributed by atoms with E-state index in [9.17, 15) is 9.59 Å². The largest absolute Gasteiger partial charge is 0.465 e. The zero-order valence-corrected chi connectivity index (χ0v) is 12.2. The van der Waals surface area contributed by atoms with E-state index in [-0.39, 0.29) is 19.0 Å². The molecule has 0 saturated carbocycles. The van der Waals surface area contributed by atoms with Crippen LogP contribution in [0.15, 0.2) is 0 Å². The van der Waals surface area contributed by atoms with Gasteiger partial charge in [0.05, 0.1) is 33.0 Å². The lowest BCUT2D eigenvalue weighted by molar-refractivity contribution is -0.159. The van der Waals surface area contributed by atoms with Crippen LogP contribution in [-0.2, 0) is 28.5 Å². The Hall–Kier alpha value is -0.980. The molecule has 0 fully saturated rings. The summed E-state index contributed by atoms with van der Waals surface area (Å²) in [5.74, 6) is -0.831. The van der Waals surface area contributed by atoms with Crippen molar-refractivity contribution in [2.45, 2.75) is 20.8 Å². The molecule has 0 spiro atoms. The van der Waals surface area contributed by atoms with Crippen LogP contribution < -0.4 is 0 Å². The van der Waals surface area contributed by atoms with Crippen molar-refractivity contribution >= 4 is 11.8 Å². The van der Waals surface area contributed by atoms with Gasteiger partial charge in [-0.05, 0) is 20.8 Å². The van der Waals surface area contributed by atoms with Gasteiger partial charge in [0.2, 0.25) is 0 Å². The van der Waals surface area contributed by atoms with Crippen LogP contribution in [0.1, 0.15) is 20.8 Å². The highest BCUT2D eigenvalue weighted by atomic mass is 16.5. The van der Waals surface area contributed by atoms with E-state index in [1.165, 1.54) is 13.8 Å². The molecule has 0 bridgehead atoms. The van der Waals surface area contributed by atoms with Gasteiger partial charge in [0.1, 0.15) is 12.0 Å². The predicted octanol–water partition coefficient (Wildman–Crippen LogP) is 0.824. The fraction of sp³-hybridized carbons (Fsp3) is 0.846. The summed E-state index contributed by atoms with van der Waals surface area (Å²) in [4.78, 5) is 23.4. The van der Waals surface area contributed by atoms with Crippen molar-refractivity contribution in [1.29, 1.82) is 0 Å². The maximum absolute atomic E-state index is 11.8. The third-order valence-electron chi connectivity index (χ3n) is 2.52. The third-order valence-corrected chi connectivity index (χ3v) is 2.52. The number of carbonyl (C=O) groups excluding carboxylic acids is 2. The van der Waals surface area contributed by atoms with E-state index >= 15 is 0 Å². The lowest BCUT2D eigenvalue weighted by Gasteiger charge is -2.20. The topological polar surface area (TPSA) is 71.1 Å². The Kier molecular flexibility index (Phi) is 9.38. The number of ketones is 1. The monoisotopic (exact) mass is 276 g/mol. The van der Waals surface area contributed by atoms with E-state index in [2.05, 4.69) is 0 Å². The van der Waals surface area contributed by atoms with Crippen molar-refractivity contribution in [1.82, 2.24) is 0 Å². The van der Waals surface area contributed by atoms with Gasteiger partial charge in [-0.25, -0.2) is 0 Å². The summed E-state index contributed by atoms with van der Waals surface area (Å²) in [5.41, 5.74) is -1.17. The molecule has 0 N–H and O–H groups in total. The number of esters is 1. The molecule has 0 aromatic carbocycles. The number of methoxy groups -OCH3 is 1. The Morgan fingerprint density at radius 3 is 2.16 bits per heavy atom. The quantitative estimate of drug-likeness (QED) is 0.316. The number of rotatable bonds is 11. The first-order chi connectivity index (χ1) is 8.96. The Morgan fingerprint density at radius 2 is 1.58 bits per heavy atom. The molecular weight excluding hydrogens is 252 g/mol. The highest BCUT2D eigenvalue weighted by Gasteiger charge is 2.37. The Balaban J connectivity index is 3.81. The lowest BCUT2D eigenvalue weighted by Crippen LogP contribution is -2.37. The summed E-state index contributed by atoms with van der Waals surface area (Å²) in [6, 6.07) is 0. The SMILES string of the molecule is CCOC(=O)C(C)(C)C(=O)COCCOCCOC. The molecule has 112 valence electrons. The normalized spacial score (nSPS) is 11.4. The minimum atomic E-state index is -1.17. The molecular formula is C13H24O6. The van der Waals surface area contributed by atoms with Crippen LogP contribution in [0, 0.1) is 5.41 Å². The standard InChI is InChI=1S/C13H24O6/c1-5-19-12(15)13(2,3)11(14)10-18-9-8-17-7-6-16-4/h5-10H2,1-4H3. The summed E-state index contributed by atoms with van der Waals surface area (Å²) in [5, 5.41) is 0. The molecule has 6 heteroatoms. The third kappa shape index (κ3) is 7.25. The van der Waals surface area contributed by atoms with Crippen LogP contribution in [0.2, 0.25) is 0 Å². The first kappa shape index (κ1) is 18.0. The molecule has 0 unspecified atom stereocenters. The van der Waals surface area contributed by atoms with Crippen LogP contribution in [0.25, 0.3) is 0 Å². The van der Waals surface area contributed by atoms with Crippen LogP contribution in [0.3, 0.4) is 0 Å². The first-order valence-corrected chi connectivity index (χ1v) is 6.31. The van der Waals surface area contributed by atoms with E-state index in [0.29, 0.717) is 26.4 Å². The Morgan fingerprint density at radius 1 is 1.00 bits per heavy atom. The number of hydrogen-bond donors (Lipinski definition) is 0. The van der Waals surface area contributed by atoms with Crippen molar-refractivity contribution < 1.29 is 28.5 Å². The summed E-state index contributed by atoms with van der Waals surface area (Å²) >= 11 is 0. The second-order valence-corrected chi connectivity index (χ2v) is 4.43. The summed E-state index contributed by atoms with van der Waals surface area (Å²) in [7, 11) is 1.59. The van der Waals surface area contributed by atoms with Crippen molar-refractivity contribution in [3.8, 4) is 0 Å². The molecule has 6 nitrogen and oxygen atoms in total. The van der Waals surface area contributed by atoms with Crippen LogP contribution in [0.4, 0.5) is 0 Å². The van der Waals surface area contributed by atoms with Gasteiger partial charge in [-0.3, -0.25) is 9.59 Å². The fourth-order valence-electron chi connectivity index (χ4n) is 1.13. The maximum atomic E-state index is 11.8. The van der Waals surface area contributed by atoms with Gasteiger partial charge >= 0.3 is 5.97 Å². The molecule has 0 aromatic heterocycles. The molecule has 0 rings (SSSR count). The molecule has 0 radical (unpaired) electrons. The molecule has 0 atom stereocenters. The number of carbonyl (C=O) groups is 2. The maximum Gasteiger partial charge on any atom is 0.319 e. The average Bonchev–Trinajstić information content (AvgIpc) is 2.37. The zero-order valence-electron chi connectivity index (χ0n) is 12.2. The number of Topliss-reactive ketones (excluding diaryl/α,β-unsaturated/α-hetero) is 1. The van der Waals surface area contributed by atoms with Gasteiger partial charge in [-0.1, -0.05) is 0 Å². The van der Waals surface area contributed by atoms with E-state index in [1.54, 1.807) is 14.0 Å². The summed E-state index contributed by atoms with van der Waals surface area (Å²) in [6.07, 6.45) is 0. The predicted molar refractivity (Wildman–Crippen MR) is 68.9 cm³/mol. The molecule has 0 aliphatic carbocycles. The first-order valence-electron chi connectivity index (χ1n) is 6.31. The molecule has 0 aliphatic rings. The average molecular weight is 276 g/mol. The second kappa shape index (κ2) is 9.89. The van der Waals surface area contributed by atoms with E-state index in [0.717, 1.165) is 0 Å². The van der Waals surface area contributed by atoms with Gasteiger partial charge in [0.25, 0.3) is 0 Å². The van der Waals surface area contributed by atoms with Gasteiger partial charge in [0.15, 0.2) is 5.78 Å². The Labute approximate surface area is 114 Å². The molecule has 0 saturated heterocycles. The van der Waals surface area contributed by atoms with Gasteiger partial charge in [-0.2, -0.15) is 0 Å². The molecule has 0 aromatic rings. The smallest absolute Gasteiger partial charge is 0.319 e.